The van der Waals surface area contributed by atoms with Crippen LogP contribution in [0.15, 0.2) is 29.0 Å². The van der Waals surface area contributed by atoms with E-state index in [0.29, 0.717) is 24.8 Å². The van der Waals surface area contributed by atoms with E-state index in [-0.39, 0.29) is 30.7 Å². The first-order valence-corrected chi connectivity index (χ1v) is 7.84. The fourth-order valence-corrected chi connectivity index (χ4v) is 2.77. The van der Waals surface area contributed by atoms with Crippen LogP contribution in [0.4, 0.5) is 0 Å². The Morgan fingerprint density at radius 2 is 2.17 bits per heavy atom. The molecule has 3 rings (SSSR count). The zero-order valence-electron chi connectivity index (χ0n) is 13.7. The van der Waals surface area contributed by atoms with Crippen LogP contribution in [-0.2, 0) is 16.1 Å². The van der Waals surface area contributed by atoms with E-state index in [1.54, 1.807) is 36.5 Å². The second-order valence-corrected chi connectivity index (χ2v) is 5.78. The third-order valence-corrected chi connectivity index (χ3v) is 4.10. The Hall–Kier alpha value is -2.77. The molecular formula is C16H19N5O3. The summed E-state index contributed by atoms with van der Waals surface area (Å²) in [6, 6.07) is 3.57. The molecule has 1 aliphatic rings. The molecule has 0 radical (unpaired) electrons. The van der Waals surface area contributed by atoms with Gasteiger partial charge in [-0.25, -0.2) is 0 Å². The molecule has 8 heteroatoms. The Morgan fingerprint density at radius 1 is 1.42 bits per heavy atom. The molecule has 0 N–H and O–H groups in total. The van der Waals surface area contributed by atoms with Crippen LogP contribution in [0.2, 0.25) is 0 Å². The first-order valence-electron chi connectivity index (χ1n) is 7.84. The molecule has 0 saturated carbocycles. The lowest BCUT2D eigenvalue weighted by atomic mass is 10.1. The van der Waals surface area contributed by atoms with Gasteiger partial charge in [0.2, 0.25) is 23.5 Å². The lowest BCUT2D eigenvalue weighted by Gasteiger charge is -2.19. The molecule has 0 aliphatic carbocycles. The van der Waals surface area contributed by atoms with Gasteiger partial charge in [0.1, 0.15) is 0 Å². The van der Waals surface area contributed by atoms with Crippen molar-refractivity contribution < 1.29 is 14.1 Å². The summed E-state index contributed by atoms with van der Waals surface area (Å²) in [7, 11) is 1.68. The molecule has 2 aromatic heterocycles. The van der Waals surface area contributed by atoms with Crippen LogP contribution in [0.3, 0.4) is 0 Å². The van der Waals surface area contributed by atoms with Gasteiger partial charge in [0.25, 0.3) is 0 Å². The van der Waals surface area contributed by atoms with E-state index in [0.717, 1.165) is 5.56 Å². The highest BCUT2D eigenvalue weighted by atomic mass is 16.5. The number of carbonyl (C=O) groups is 2. The number of nitrogens with zero attached hydrogens (tertiary/aromatic N) is 5. The molecule has 3 heterocycles. The number of hydrogen-bond acceptors (Lipinski definition) is 6. The van der Waals surface area contributed by atoms with Crippen molar-refractivity contribution >= 4 is 11.8 Å². The normalized spacial score (nSPS) is 17.3. The molecule has 1 aliphatic heterocycles. The van der Waals surface area contributed by atoms with Gasteiger partial charge in [0.15, 0.2) is 0 Å². The van der Waals surface area contributed by atoms with E-state index in [4.69, 9.17) is 4.52 Å². The van der Waals surface area contributed by atoms with Crippen molar-refractivity contribution in [3.05, 3.63) is 30.4 Å². The average molecular weight is 329 g/mol. The minimum absolute atomic E-state index is 0.0296. The Labute approximate surface area is 139 Å². The van der Waals surface area contributed by atoms with Crippen molar-refractivity contribution in [3.8, 4) is 11.4 Å². The molecule has 2 amide bonds. The zero-order chi connectivity index (χ0) is 17.1. The van der Waals surface area contributed by atoms with Crippen molar-refractivity contribution in [1.82, 2.24) is 24.9 Å². The second-order valence-electron chi connectivity index (χ2n) is 5.78. The van der Waals surface area contributed by atoms with E-state index in [9.17, 15) is 9.59 Å². The van der Waals surface area contributed by atoms with E-state index in [1.807, 2.05) is 6.92 Å². The summed E-state index contributed by atoms with van der Waals surface area (Å²) in [6.07, 6.45) is 3.57. The van der Waals surface area contributed by atoms with Crippen molar-refractivity contribution in [2.45, 2.75) is 19.9 Å². The topological polar surface area (TPSA) is 92.4 Å². The molecular weight excluding hydrogens is 310 g/mol. The molecule has 2 aromatic rings. The highest BCUT2D eigenvalue weighted by Gasteiger charge is 2.35. The number of hydrogen-bond donors (Lipinski definition) is 0. The van der Waals surface area contributed by atoms with E-state index >= 15 is 0 Å². The van der Waals surface area contributed by atoms with Crippen molar-refractivity contribution in [3.63, 3.8) is 0 Å². The van der Waals surface area contributed by atoms with Crippen LogP contribution in [-0.4, -0.2) is 56.9 Å². The molecule has 8 nitrogen and oxygen atoms in total. The molecule has 0 bridgehead atoms. The summed E-state index contributed by atoms with van der Waals surface area (Å²) in [5.41, 5.74) is 0.800. The van der Waals surface area contributed by atoms with E-state index in [1.165, 1.54) is 4.90 Å². The molecule has 1 fully saturated rings. The van der Waals surface area contributed by atoms with Gasteiger partial charge in [-0.05, 0) is 19.1 Å². The fourth-order valence-electron chi connectivity index (χ4n) is 2.77. The maximum absolute atomic E-state index is 12.5. The van der Waals surface area contributed by atoms with Crippen LogP contribution >= 0.6 is 0 Å². The van der Waals surface area contributed by atoms with Crippen molar-refractivity contribution in [2.24, 2.45) is 5.92 Å². The van der Waals surface area contributed by atoms with Gasteiger partial charge in [-0.15, -0.1) is 0 Å². The van der Waals surface area contributed by atoms with Crippen LogP contribution in [0.1, 0.15) is 19.2 Å². The van der Waals surface area contributed by atoms with Gasteiger partial charge < -0.3 is 14.3 Å². The van der Waals surface area contributed by atoms with E-state index in [2.05, 4.69) is 15.1 Å². The van der Waals surface area contributed by atoms with Crippen LogP contribution < -0.4 is 0 Å². The molecule has 1 saturated heterocycles. The van der Waals surface area contributed by atoms with Crippen molar-refractivity contribution in [2.75, 3.05) is 20.1 Å². The average Bonchev–Trinajstić information content (AvgIpc) is 3.21. The number of pyridine rings is 1. The zero-order valence-corrected chi connectivity index (χ0v) is 13.7. The SMILES string of the molecule is CCN1C[C@H](C(=O)N(C)Cc2nc(-c3ccncc3)no2)CC1=O. The Balaban J connectivity index is 1.63. The van der Waals surface area contributed by atoms with Gasteiger partial charge in [0.05, 0.1) is 12.5 Å². The molecule has 0 unspecified atom stereocenters. The minimum Gasteiger partial charge on any atom is -0.342 e. The monoisotopic (exact) mass is 329 g/mol. The first-order chi connectivity index (χ1) is 11.6. The maximum atomic E-state index is 12.5. The molecule has 0 spiro atoms. The van der Waals surface area contributed by atoms with Crippen molar-refractivity contribution in [1.29, 1.82) is 0 Å². The van der Waals surface area contributed by atoms with Crippen LogP contribution in [0.25, 0.3) is 11.4 Å². The largest absolute Gasteiger partial charge is 0.342 e. The minimum atomic E-state index is -0.301. The lowest BCUT2D eigenvalue weighted by molar-refractivity contribution is -0.135. The summed E-state index contributed by atoms with van der Waals surface area (Å²) >= 11 is 0. The Kier molecular flexibility index (Phi) is 4.54. The fraction of sp³-hybridized carbons (Fsp3) is 0.438. The van der Waals surface area contributed by atoms with Gasteiger partial charge in [-0.1, -0.05) is 5.16 Å². The molecule has 24 heavy (non-hydrogen) atoms. The number of rotatable bonds is 5. The van der Waals surface area contributed by atoms with Gasteiger partial charge >= 0.3 is 0 Å². The lowest BCUT2D eigenvalue weighted by Crippen LogP contribution is -2.34. The number of aromatic nitrogens is 3. The summed E-state index contributed by atoms with van der Waals surface area (Å²) < 4.78 is 5.21. The van der Waals surface area contributed by atoms with E-state index < -0.39 is 0 Å². The highest BCUT2D eigenvalue weighted by molar-refractivity contribution is 5.89. The summed E-state index contributed by atoms with van der Waals surface area (Å²) in [6.45, 7) is 3.23. The second kappa shape index (κ2) is 6.77. The Bertz CT molecular complexity index is 730. The highest BCUT2D eigenvalue weighted by Crippen LogP contribution is 2.20. The molecule has 1 atom stereocenters. The smallest absolute Gasteiger partial charge is 0.246 e. The quantitative estimate of drug-likeness (QED) is 0.811. The van der Waals surface area contributed by atoms with Crippen LogP contribution in [0, 0.1) is 5.92 Å². The third kappa shape index (κ3) is 3.27. The molecule has 126 valence electrons. The Morgan fingerprint density at radius 3 is 2.83 bits per heavy atom. The number of carbonyl (C=O) groups excluding carboxylic acids is 2. The van der Waals surface area contributed by atoms with Gasteiger partial charge in [-0.2, -0.15) is 4.98 Å². The summed E-state index contributed by atoms with van der Waals surface area (Å²) in [5.74, 6) is 0.464. The number of amides is 2. The summed E-state index contributed by atoms with van der Waals surface area (Å²) in [5, 5.41) is 3.92. The third-order valence-electron chi connectivity index (χ3n) is 4.10. The summed E-state index contributed by atoms with van der Waals surface area (Å²) in [4.78, 5) is 35.7. The standard InChI is InChI=1S/C16H19N5O3/c1-3-21-9-12(8-14(21)22)16(23)20(2)10-13-18-15(19-24-13)11-4-6-17-7-5-11/h4-7,12H,3,8-10H2,1-2H3/t12-/m1/s1. The number of likely N-dealkylation sites (tertiary alicyclic amines) is 1. The predicted molar refractivity (Wildman–Crippen MR) is 84.4 cm³/mol. The predicted octanol–water partition coefficient (Wildman–Crippen LogP) is 0.958. The maximum Gasteiger partial charge on any atom is 0.246 e. The first kappa shape index (κ1) is 16.1. The van der Waals surface area contributed by atoms with Gasteiger partial charge in [-0.3, -0.25) is 14.6 Å². The molecule has 0 aromatic carbocycles. The van der Waals surface area contributed by atoms with Gasteiger partial charge in [0, 0.05) is 44.5 Å². The van der Waals surface area contributed by atoms with Crippen LogP contribution in [0.5, 0.6) is 0 Å².